The van der Waals surface area contributed by atoms with Gasteiger partial charge in [0, 0.05) is 4.47 Å². The highest BCUT2D eigenvalue weighted by atomic mass is 79.9. The number of nitrogens with one attached hydrogen (secondary N) is 1. The zero-order valence-electron chi connectivity index (χ0n) is 10.1. The van der Waals surface area contributed by atoms with Crippen LogP contribution in [0.3, 0.4) is 0 Å². The van der Waals surface area contributed by atoms with Crippen LogP contribution in [0.1, 0.15) is 17.2 Å². The van der Waals surface area contributed by atoms with Gasteiger partial charge in [-0.05, 0) is 42.3 Å². The van der Waals surface area contributed by atoms with Crippen molar-refractivity contribution in [1.82, 2.24) is 0 Å². The fraction of sp³-hybridized carbons (Fsp3) is 0.200. The summed E-state index contributed by atoms with van der Waals surface area (Å²) in [4.78, 5) is 0. The number of hydrogen-bond donors (Lipinski definition) is 1. The molecule has 1 heterocycles. The van der Waals surface area contributed by atoms with Gasteiger partial charge in [0.15, 0.2) is 0 Å². The van der Waals surface area contributed by atoms with E-state index in [4.69, 9.17) is 4.74 Å². The van der Waals surface area contributed by atoms with Crippen LogP contribution in [0.5, 0.6) is 5.75 Å². The van der Waals surface area contributed by atoms with E-state index < -0.39 is 0 Å². The number of anilines is 1. The maximum atomic E-state index is 6.04. The fourth-order valence-corrected chi connectivity index (χ4v) is 2.41. The van der Waals surface area contributed by atoms with Crippen molar-refractivity contribution in [2.45, 2.75) is 13.0 Å². The third kappa shape index (κ3) is 2.23. The van der Waals surface area contributed by atoms with Crippen molar-refractivity contribution in [3.63, 3.8) is 0 Å². The predicted molar refractivity (Wildman–Crippen MR) is 77.2 cm³/mol. The molecule has 3 rings (SSSR count). The van der Waals surface area contributed by atoms with E-state index in [0.29, 0.717) is 0 Å². The van der Waals surface area contributed by atoms with E-state index in [1.165, 1.54) is 11.1 Å². The molecule has 92 valence electrons. The van der Waals surface area contributed by atoms with Gasteiger partial charge in [0.2, 0.25) is 0 Å². The lowest BCUT2D eigenvalue weighted by molar-refractivity contribution is 0.210. The first-order valence-corrected chi connectivity index (χ1v) is 6.78. The van der Waals surface area contributed by atoms with Crippen molar-refractivity contribution in [3.8, 4) is 5.75 Å². The summed E-state index contributed by atoms with van der Waals surface area (Å²) >= 11 is 3.45. The summed E-state index contributed by atoms with van der Waals surface area (Å²) < 4.78 is 7.12. The quantitative estimate of drug-likeness (QED) is 0.848. The first-order chi connectivity index (χ1) is 8.72. The van der Waals surface area contributed by atoms with E-state index in [2.05, 4.69) is 52.4 Å². The SMILES string of the molecule is Cc1ccc2c(c1)NCC(c1ccc(Br)cc1)O2. The van der Waals surface area contributed by atoms with E-state index in [1.54, 1.807) is 0 Å². The van der Waals surface area contributed by atoms with Gasteiger partial charge in [-0.2, -0.15) is 0 Å². The van der Waals surface area contributed by atoms with Gasteiger partial charge in [-0.25, -0.2) is 0 Å². The summed E-state index contributed by atoms with van der Waals surface area (Å²) in [5, 5.41) is 3.43. The molecule has 0 bridgehead atoms. The van der Waals surface area contributed by atoms with E-state index in [-0.39, 0.29) is 6.10 Å². The Balaban J connectivity index is 1.86. The van der Waals surface area contributed by atoms with Crippen LogP contribution in [0.15, 0.2) is 46.9 Å². The molecule has 0 saturated carbocycles. The minimum atomic E-state index is 0.0771. The van der Waals surface area contributed by atoms with Crippen molar-refractivity contribution in [2.75, 3.05) is 11.9 Å². The second-order valence-electron chi connectivity index (χ2n) is 4.54. The lowest BCUT2D eigenvalue weighted by atomic mass is 10.1. The maximum Gasteiger partial charge on any atom is 0.143 e. The topological polar surface area (TPSA) is 21.3 Å². The smallest absolute Gasteiger partial charge is 0.143 e. The van der Waals surface area contributed by atoms with Crippen LogP contribution in [-0.4, -0.2) is 6.54 Å². The van der Waals surface area contributed by atoms with Crippen LogP contribution in [0.4, 0.5) is 5.69 Å². The summed E-state index contributed by atoms with van der Waals surface area (Å²) in [6.45, 7) is 2.89. The Labute approximate surface area is 115 Å². The predicted octanol–water partition coefficient (Wildman–Crippen LogP) is 4.30. The molecule has 1 atom stereocenters. The average Bonchev–Trinajstić information content (AvgIpc) is 2.39. The molecule has 3 heteroatoms. The summed E-state index contributed by atoms with van der Waals surface area (Å²) in [5.74, 6) is 0.930. The summed E-state index contributed by atoms with van der Waals surface area (Å²) in [7, 11) is 0. The van der Waals surface area contributed by atoms with Crippen LogP contribution in [-0.2, 0) is 0 Å². The van der Waals surface area contributed by atoms with Crippen molar-refractivity contribution in [1.29, 1.82) is 0 Å². The normalized spacial score (nSPS) is 17.6. The zero-order valence-corrected chi connectivity index (χ0v) is 11.7. The Bertz CT molecular complexity index is 565. The molecule has 1 N–H and O–H groups in total. The van der Waals surface area contributed by atoms with Gasteiger partial charge in [0.25, 0.3) is 0 Å². The minimum Gasteiger partial charge on any atom is -0.482 e. The Hall–Kier alpha value is -1.48. The highest BCUT2D eigenvalue weighted by molar-refractivity contribution is 9.10. The molecule has 0 fully saturated rings. The second kappa shape index (κ2) is 4.65. The van der Waals surface area contributed by atoms with Crippen molar-refractivity contribution >= 4 is 21.6 Å². The largest absolute Gasteiger partial charge is 0.482 e. The fourth-order valence-electron chi connectivity index (χ4n) is 2.15. The van der Waals surface area contributed by atoms with Crippen LogP contribution in [0, 0.1) is 6.92 Å². The van der Waals surface area contributed by atoms with Crippen LogP contribution >= 0.6 is 15.9 Å². The molecule has 2 aromatic carbocycles. The molecule has 1 unspecified atom stereocenters. The molecule has 2 aromatic rings. The van der Waals surface area contributed by atoms with Crippen LogP contribution in [0.2, 0.25) is 0 Å². The van der Waals surface area contributed by atoms with E-state index in [9.17, 15) is 0 Å². The van der Waals surface area contributed by atoms with Gasteiger partial charge in [0.1, 0.15) is 11.9 Å². The number of aryl methyl sites for hydroxylation is 1. The molecule has 18 heavy (non-hydrogen) atoms. The van der Waals surface area contributed by atoms with Gasteiger partial charge in [-0.3, -0.25) is 0 Å². The van der Waals surface area contributed by atoms with E-state index >= 15 is 0 Å². The summed E-state index contributed by atoms with van der Waals surface area (Å²) in [6.07, 6.45) is 0.0771. The van der Waals surface area contributed by atoms with Gasteiger partial charge < -0.3 is 10.1 Å². The summed E-state index contributed by atoms with van der Waals surface area (Å²) in [6, 6.07) is 14.5. The monoisotopic (exact) mass is 303 g/mol. The van der Waals surface area contributed by atoms with E-state index in [1.807, 2.05) is 18.2 Å². The second-order valence-corrected chi connectivity index (χ2v) is 5.45. The first-order valence-electron chi connectivity index (χ1n) is 5.99. The lowest BCUT2D eigenvalue weighted by Crippen LogP contribution is -2.23. The Morgan fingerprint density at radius 3 is 2.72 bits per heavy atom. The van der Waals surface area contributed by atoms with Gasteiger partial charge >= 0.3 is 0 Å². The lowest BCUT2D eigenvalue weighted by Gasteiger charge is -2.28. The number of benzene rings is 2. The van der Waals surface area contributed by atoms with Crippen LogP contribution in [0.25, 0.3) is 0 Å². The number of fused-ring (bicyclic) bond motifs is 1. The number of rotatable bonds is 1. The molecule has 0 radical (unpaired) electrons. The summed E-state index contributed by atoms with van der Waals surface area (Å²) in [5.41, 5.74) is 3.52. The third-order valence-electron chi connectivity index (χ3n) is 3.12. The van der Waals surface area contributed by atoms with Crippen molar-refractivity contribution in [3.05, 3.63) is 58.1 Å². The number of halogens is 1. The Kier molecular flexibility index (Phi) is 3.00. The Morgan fingerprint density at radius 1 is 1.17 bits per heavy atom. The molecule has 1 aliphatic heterocycles. The molecule has 0 saturated heterocycles. The zero-order chi connectivity index (χ0) is 12.5. The number of ether oxygens (including phenoxy) is 1. The molecule has 0 aromatic heterocycles. The van der Waals surface area contributed by atoms with E-state index in [0.717, 1.165) is 22.5 Å². The van der Waals surface area contributed by atoms with Gasteiger partial charge in [-0.1, -0.05) is 34.1 Å². The minimum absolute atomic E-state index is 0.0771. The molecule has 1 aliphatic rings. The molecular formula is C15H14BrNO. The van der Waals surface area contributed by atoms with Crippen LogP contribution < -0.4 is 10.1 Å². The molecule has 0 aliphatic carbocycles. The van der Waals surface area contributed by atoms with Crippen molar-refractivity contribution in [2.24, 2.45) is 0 Å². The first kappa shape index (κ1) is 11.6. The number of hydrogen-bond acceptors (Lipinski definition) is 2. The molecular weight excluding hydrogens is 290 g/mol. The van der Waals surface area contributed by atoms with Crippen molar-refractivity contribution < 1.29 is 4.74 Å². The van der Waals surface area contributed by atoms with Gasteiger partial charge in [0.05, 0.1) is 12.2 Å². The highest BCUT2D eigenvalue weighted by Gasteiger charge is 2.20. The Morgan fingerprint density at radius 2 is 1.94 bits per heavy atom. The third-order valence-corrected chi connectivity index (χ3v) is 3.65. The molecule has 0 spiro atoms. The molecule has 2 nitrogen and oxygen atoms in total. The highest BCUT2D eigenvalue weighted by Crippen LogP contribution is 2.34. The molecule has 0 amide bonds. The standard InChI is InChI=1S/C15H14BrNO/c1-10-2-7-14-13(8-10)17-9-15(18-14)11-3-5-12(16)6-4-11/h2-8,15,17H,9H2,1H3. The van der Waals surface area contributed by atoms with Gasteiger partial charge in [-0.15, -0.1) is 0 Å². The maximum absolute atomic E-state index is 6.04. The average molecular weight is 304 g/mol.